The highest BCUT2D eigenvalue weighted by Crippen LogP contribution is 2.29. The monoisotopic (exact) mass is 467 g/mol. The summed E-state index contributed by atoms with van der Waals surface area (Å²) in [4.78, 5) is 31.3. The second kappa shape index (κ2) is 10.5. The van der Waals surface area contributed by atoms with Crippen LogP contribution in [0.4, 0.5) is 15.2 Å². The van der Waals surface area contributed by atoms with E-state index in [1.807, 2.05) is 37.3 Å². The first-order valence-corrected chi connectivity index (χ1v) is 11.7. The first-order valence-electron chi connectivity index (χ1n) is 10.8. The van der Waals surface area contributed by atoms with Gasteiger partial charge in [-0.3, -0.25) is 9.59 Å². The Hall–Kier alpha value is -3.30. The summed E-state index contributed by atoms with van der Waals surface area (Å²) in [6.07, 6.45) is 2.26. The summed E-state index contributed by atoms with van der Waals surface area (Å²) in [5, 5.41) is 8.23. The highest BCUT2D eigenvalue weighted by molar-refractivity contribution is 7.13. The average molecular weight is 468 g/mol. The Bertz CT molecular complexity index is 1120. The van der Waals surface area contributed by atoms with Crippen LogP contribution in [0.15, 0.2) is 48.0 Å². The molecular formula is C24H26FN5O2S. The van der Waals surface area contributed by atoms with Gasteiger partial charge in [0, 0.05) is 55.6 Å². The molecule has 2 amide bonds. The lowest BCUT2D eigenvalue weighted by Gasteiger charge is -2.29. The summed E-state index contributed by atoms with van der Waals surface area (Å²) in [7, 11) is 0. The molecule has 1 aromatic heterocycles. The van der Waals surface area contributed by atoms with Crippen LogP contribution < -0.4 is 15.5 Å². The molecule has 33 heavy (non-hydrogen) atoms. The lowest BCUT2D eigenvalue weighted by Crippen LogP contribution is -2.43. The predicted octanol–water partition coefficient (Wildman–Crippen LogP) is 3.26. The van der Waals surface area contributed by atoms with Gasteiger partial charge in [0.05, 0.1) is 0 Å². The molecule has 2 heterocycles. The third kappa shape index (κ3) is 5.74. The summed E-state index contributed by atoms with van der Waals surface area (Å²) in [5.41, 5.74) is 4.03. The number of carbonyl (C=O) groups is 2. The van der Waals surface area contributed by atoms with Crippen LogP contribution in [0.3, 0.4) is 0 Å². The molecular weight excluding hydrogens is 441 g/mol. The van der Waals surface area contributed by atoms with Crippen molar-refractivity contribution in [3.63, 3.8) is 0 Å². The standard InChI is InChI=1S/C24H26FN5O2S/c1-17-12-18(21-5-4-20(13-22(21)25)30-9-6-26-7-10-30)2-3-19(17)14-29(16-31)15-23(32)28-24-27-8-11-33-24/h2-5,8,11-13,16,26H,6-7,9-10,14-15H2,1H3,(H,27,28,32). The largest absolute Gasteiger partial charge is 0.369 e. The van der Waals surface area contributed by atoms with E-state index in [0.717, 1.165) is 48.6 Å². The van der Waals surface area contributed by atoms with Crippen LogP contribution in [0.2, 0.25) is 0 Å². The second-order valence-electron chi connectivity index (χ2n) is 7.94. The Balaban J connectivity index is 1.43. The van der Waals surface area contributed by atoms with Crippen molar-refractivity contribution < 1.29 is 14.0 Å². The van der Waals surface area contributed by atoms with Gasteiger partial charge in [-0.25, -0.2) is 9.37 Å². The normalized spacial score (nSPS) is 13.6. The molecule has 0 unspecified atom stereocenters. The van der Waals surface area contributed by atoms with E-state index >= 15 is 0 Å². The molecule has 0 aliphatic carbocycles. The molecule has 2 N–H and O–H groups in total. The van der Waals surface area contributed by atoms with E-state index in [9.17, 15) is 14.0 Å². The molecule has 1 aliphatic heterocycles. The topological polar surface area (TPSA) is 77.6 Å². The van der Waals surface area contributed by atoms with Gasteiger partial charge in [0.15, 0.2) is 5.13 Å². The number of halogens is 1. The van der Waals surface area contributed by atoms with Crippen molar-refractivity contribution in [2.45, 2.75) is 13.5 Å². The van der Waals surface area contributed by atoms with Crippen molar-refractivity contribution in [2.24, 2.45) is 0 Å². The van der Waals surface area contributed by atoms with E-state index in [2.05, 4.69) is 20.5 Å². The van der Waals surface area contributed by atoms with Crippen molar-refractivity contribution in [3.05, 3.63) is 64.9 Å². The Morgan fingerprint density at radius 2 is 2.09 bits per heavy atom. The lowest BCUT2D eigenvalue weighted by atomic mass is 9.98. The van der Waals surface area contributed by atoms with Crippen LogP contribution in [0.1, 0.15) is 11.1 Å². The minimum Gasteiger partial charge on any atom is -0.369 e. The van der Waals surface area contributed by atoms with Crippen molar-refractivity contribution in [3.8, 4) is 11.1 Å². The number of nitrogens with zero attached hydrogens (tertiary/aromatic N) is 3. The van der Waals surface area contributed by atoms with E-state index in [4.69, 9.17) is 0 Å². The van der Waals surface area contributed by atoms with Gasteiger partial charge >= 0.3 is 0 Å². The zero-order chi connectivity index (χ0) is 23.2. The minimum absolute atomic E-state index is 0.0770. The Kier molecular flexibility index (Phi) is 7.31. The van der Waals surface area contributed by atoms with Crippen LogP contribution in [-0.2, 0) is 16.1 Å². The molecule has 0 spiro atoms. The smallest absolute Gasteiger partial charge is 0.245 e. The first-order chi connectivity index (χ1) is 16.0. The molecule has 172 valence electrons. The van der Waals surface area contributed by atoms with Gasteiger partial charge in [0.2, 0.25) is 12.3 Å². The van der Waals surface area contributed by atoms with E-state index in [1.54, 1.807) is 17.6 Å². The Morgan fingerprint density at radius 1 is 1.27 bits per heavy atom. The molecule has 0 bridgehead atoms. The van der Waals surface area contributed by atoms with Crippen molar-refractivity contribution in [1.29, 1.82) is 0 Å². The maximum Gasteiger partial charge on any atom is 0.245 e. The van der Waals surface area contributed by atoms with E-state index in [0.29, 0.717) is 17.1 Å². The van der Waals surface area contributed by atoms with Crippen molar-refractivity contribution in [2.75, 3.05) is 42.9 Å². The molecule has 2 aromatic carbocycles. The lowest BCUT2D eigenvalue weighted by molar-refractivity contribution is -0.125. The maximum atomic E-state index is 14.9. The summed E-state index contributed by atoms with van der Waals surface area (Å²) < 4.78 is 14.9. The van der Waals surface area contributed by atoms with Crippen LogP contribution >= 0.6 is 11.3 Å². The number of benzene rings is 2. The summed E-state index contributed by atoms with van der Waals surface area (Å²) in [5.74, 6) is -0.565. The molecule has 1 aliphatic rings. The molecule has 0 saturated carbocycles. The molecule has 3 aromatic rings. The number of aromatic nitrogens is 1. The number of anilines is 2. The molecule has 1 fully saturated rings. The molecule has 9 heteroatoms. The van der Waals surface area contributed by atoms with Crippen molar-refractivity contribution >= 4 is 34.5 Å². The van der Waals surface area contributed by atoms with Crippen molar-refractivity contribution in [1.82, 2.24) is 15.2 Å². The van der Waals surface area contributed by atoms with Crippen LogP contribution in [0.5, 0.6) is 0 Å². The summed E-state index contributed by atoms with van der Waals surface area (Å²) in [6.45, 7) is 5.65. The molecule has 7 nitrogen and oxygen atoms in total. The maximum absolute atomic E-state index is 14.9. The van der Waals surface area contributed by atoms with Crippen LogP contribution in [0, 0.1) is 12.7 Å². The average Bonchev–Trinajstić information content (AvgIpc) is 3.33. The fourth-order valence-electron chi connectivity index (χ4n) is 3.88. The SMILES string of the molecule is Cc1cc(-c2ccc(N3CCNCC3)cc2F)ccc1CN(C=O)CC(=O)Nc1nccs1. The van der Waals surface area contributed by atoms with Gasteiger partial charge in [-0.2, -0.15) is 0 Å². The third-order valence-corrected chi connectivity index (χ3v) is 6.32. The van der Waals surface area contributed by atoms with Gasteiger partial charge < -0.3 is 20.4 Å². The number of amides is 2. The highest BCUT2D eigenvalue weighted by Gasteiger charge is 2.15. The summed E-state index contributed by atoms with van der Waals surface area (Å²) in [6, 6.07) is 11.0. The molecule has 1 saturated heterocycles. The fourth-order valence-corrected chi connectivity index (χ4v) is 4.42. The van der Waals surface area contributed by atoms with Crippen LogP contribution in [-0.4, -0.2) is 54.9 Å². The van der Waals surface area contributed by atoms with E-state index in [1.165, 1.54) is 16.2 Å². The number of rotatable bonds is 8. The minimum atomic E-state index is -0.307. The van der Waals surface area contributed by atoms with Crippen LogP contribution in [0.25, 0.3) is 11.1 Å². The number of piperazine rings is 1. The van der Waals surface area contributed by atoms with E-state index in [-0.39, 0.29) is 24.8 Å². The quantitative estimate of drug-likeness (QED) is 0.498. The van der Waals surface area contributed by atoms with Gasteiger partial charge in [0.25, 0.3) is 0 Å². The number of aryl methyl sites for hydroxylation is 1. The number of carbonyl (C=O) groups excluding carboxylic acids is 2. The Labute approximate surface area is 196 Å². The highest BCUT2D eigenvalue weighted by atomic mass is 32.1. The number of thiazole rings is 1. The number of hydrogen-bond acceptors (Lipinski definition) is 6. The molecule has 0 radical (unpaired) electrons. The predicted molar refractivity (Wildman–Crippen MR) is 129 cm³/mol. The molecule has 4 rings (SSSR count). The van der Waals surface area contributed by atoms with Gasteiger partial charge in [-0.1, -0.05) is 18.2 Å². The van der Waals surface area contributed by atoms with Gasteiger partial charge in [-0.15, -0.1) is 11.3 Å². The molecule has 0 atom stereocenters. The second-order valence-corrected chi connectivity index (χ2v) is 8.83. The zero-order valence-corrected chi connectivity index (χ0v) is 19.2. The third-order valence-electron chi connectivity index (χ3n) is 5.64. The van der Waals surface area contributed by atoms with E-state index < -0.39 is 0 Å². The van der Waals surface area contributed by atoms with Gasteiger partial charge in [0.1, 0.15) is 12.4 Å². The zero-order valence-electron chi connectivity index (χ0n) is 18.4. The number of hydrogen-bond donors (Lipinski definition) is 2. The number of nitrogens with one attached hydrogen (secondary N) is 2. The first kappa shape index (κ1) is 22.9. The Morgan fingerprint density at radius 3 is 2.76 bits per heavy atom. The fraction of sp³-hybridized carbons (Fsp3) is 0.292. The summed E-state index contributed by atoms with van der Waals surface area (Å²) >= 11 is 1.32. The van der Waals surface area contributed by atoms with Gasteiger partial charge in [-0.05, 0) is 41.8 Å².